The van der Waals surface area contributed by atoms with Crippen LogP contribution in [0, 0.1) is 0 Å². The first-order valence-electron chi connectivity index (χ1n) is 26.9. The molecule has 1 rings (SSSR count). The maximum absolute atomic E-state index is 13.1. The Labute approximate surface area is 417 Å². The minimum atomic E-state index is -1.92. The molecule has 0 bridgehead atoms. The second kappa shape index (κ2) is 45.3. The van der Waals surface area contributed by atoms with Gasteiger partial charge in [-0.3, -0.25) is 14.4 Å². The number of carbonyl (C=O) groups excluding carboxylic acids is 3. The van der Waals surface area contributed by atoms with Crippen molar-refractivity contribution in [2.45, 2.75) is 250 Å². The van der Waals surface area contributed by atoms with E-state index in [-0.39, 0.29) is 25.9 Å². The van der Waals surface area contributed by atoms with E-state index in [1.165, 1.54) is 38.5 Å². The lowest BCUT2D eigenvalue weighted by atomic mass is 9.98. The summed E-state index contributed by atoms with van der Waals surface area (Å²) in [6, 6.07) is 0. The highest BCUT2D eigenvalue weighted by Crippen LogP contribution is 2.26. The van der Waals surface area contributed by atoms with Gasteiger partial charge in [0, 0.05) is 19.3 Å². The number of allylic oxidation sites excluding steroid dienone is 12. The van der Waals surface area contributed by atoms with Crippen LogP contribution in [-0.2, 0) is 42.9 Å². The monoisotopic (exact) mass is 971 g/mol. The highest BCUT2D eigenvalue weighted by atomic mass is 16.7. The Kier molecular flexibility index (Phi) is 41.5. The molecule has 394 valence electrons. The minimum absolute atomic E-state index is 0.00476. The highest BCUT2D eigenvalue weighted by molar-refractivity contribution is 5.74. The van der Waals surface area contributed by atoms with Crippen molar-refractivity contribution in [2.75, 3.05) is 13.2 Å². The molecule has 0 saturated carbocycles. The van der Waals surface area contributed by atoms with Crippen molar-refractivity contribution >= 4 is 23.9 Å². The van der Waals surface area contributed by atoms with Gasteiger partial charge < -0.3 is 39.0 Å². The number of hydrogen-bond acceptors (Lipinski definition) is 11. The average Bonchev–Trinajstić information content (AvgIpc) is 3.33. The maximum atomic E-state index is 13.1. The summed E-state index contributed by atoms with van der Waals surface area (Å²) in [5.41, 5.74) is 0. The number of carbonyl (C=O) groups is 4. The molecule has 0 aromatic rings. The molecule has 1 aliphatic rings. The van der Waals surface area contributed by atoms with Crippen LogP contribution in [0.5, 0.6) is 0 Å². The van der Waals surface area contributed by atoms with Crippen LogP contribution >= 0.6 is 0 Å². The average molecular weight is 971 g/mol. The van der Waals surface area contributed by atoms with Crippen molar-refractivity contribution in [2.24, 2.45) is 0 Å². The zero-order valence-electron chi connectivity index (χ0n) is 43.0. The molecule has 0 amide bonds. The van der Waals surface area contributed by atoms with Crippen LogP contribution in [0.15, 0.2) is 72.9 Å². The molecule has 0 radical (unpaired) electrons. The number of rotatable bonds is 44. The first-order chi connectivity index (χ1) is 33.6. The maximum Gasteiger partial charge on any atom is 0.335 e. The lowest BCUT2D eigenvalue weighted by molar-refractivity contribution is -0.301. The Morgan fingerprint density at radius 2 is 0.928 bits per heavy atom. The van der Waals surface area contributed by atoms with Crippen LogP contribution in [0.4, 0.5) is 0 Å². The molecule has 69 heavy (non-hydrogen) atoms. The summed E-state index contributed by atoms with van der Waals surface area (Å²) in [6.07, 6.45) is 43.2. The largest absolute Gasteiger partial charge is 0.479 e. The molecular weight excluding hydrogens is 877 g/mol. The van der Waals surface area contributed by atoms with Gasteiger partial charge in [0.05, 0.1) is 6.61 Å². The van der Waals surface area contributed by atoms with E-state index in [0.717, 1.165) is 109 Å². The van der Waals surface area contributed by atoms with E-state index in [2.05, 4.69) is 93.7 Å². The minimum Gasteiger partial charge on any atom is -0.479 e. The molecule has 1 aliphatic heterocycles. The second-order valence-corrected chi connectivity index (χ2v) is 18.1. The van der Waals surface area contributed by atoms with Gasteiger partial charge in [-0.25, -0.2) is 4.79 Å². The fourth-order valence-corrected chi connectivity index (χ4v) is 7.57. The van der Waals surface area contributed by atoms with Crippen LogP contribution in [0.25, 0.3) is 0 Å². The molecule has 6 unspecified atom stereocenters. The third-order valence-electron chi connectivity index (χ3n) is 11.7. The van der Waals surface area contributed by atoms with E-state index < -0.39 is 67.3 Å². The molecule has 0 aromatic heterocycles. The Morgan fingerprint density at radius 1 is 0.493 bits per heavy atom. The summed E-state index contributed by atoms with van der Waals surface area (Å²) in [5, 5.41) is 31.3. The summed E-state index contributed by atoms with van der Waals surface area (Å²) in [5.74, 6) is -3.20. The zero-order valence-corrected chi connectivity index (χ0v) is 43.0. The molecule has 1 heterocycles. The molecular formula is C57H94O12. The van der Waals surface area contributed by atoms with E-state index in [1.54, 1.807) is 0 Å². The molecule has 12 nitrogen and oxygen atoms in total. The standard InChI is InChI=1S/C57H94O12/c1-4-7-10-13-16-19-22-24-25-27-30-33-36-39-42-45-51(60)68-55-53(62)52(61)54(56(63)64)69-57(55)66-47-48(67-50(59)44-41-38-35-32-28-21-18-15-12-9-6-3)46-65-49(58)43-40-37-34-31-29-26-23-20-17-14-11-8-5-2/h7,10,15-16,18-20,23-25,30,33,48,52-55,57,61-62H,4-6,8-9,11-14,17,21-22,26-29,31-32,34-47H2,1-3H3,(H,63,64)/b10-7-,18-15-,19-16-,23-20-,25-24-,33-30-. The summed E-state index contributed by atoms with van der Waals surface area (Å²) in [6.45, 7) is 5.76. The summed E-state index contributed by atoms with van der Waals surface area (Å²) >= 11 is 0. The van der Waals surface area contributed by atoms with Gasteiger partial charge in [0.2, 0.25) is 0 Å². The number of unbranched alkanes of at least 4 members (excludes halogenated alkanes) is 18. The number of aliphatic hydroxyl groups is 2. The SMILES string of the molecule is CC/C=C\C/C=C\C/C=C\C/C=C\CCCCC(=O)OC1C(OCC(COC(=O)CCCCCCC/C=C\CCCCCC)OC(=O)CCCCCCC/C=C\CCCC)OC(C(=O)O)C(O)C1O. The second-order valence-electron chi connectivity index (χ2n) is 18.1. The van der Waals surface area contributed by atoms with E-state index in [0.29, 0.717) is 25.7 Å². The van der Waals surface area contributed by atoms with Gasteiger partial charge in [-0.15, -0.1) is 0 Å². The number of aliphatic carboxylic acids is 1. The van der Waals surface area contributed by atoms with E-state index >= 15 is 0 Å². The summed E-state index contributed by atoms with van der Waals surface area (Å²) in [7, 11) is 0. The fraction of sp³-hybridized carbons (Fsp3) is 0.719. The van der Waals surface area contributed by atoms with Gasteiger partial charge in [0.25, 0.3) is 0 Å². The predicted molar refractivity (Wildman–Crippen MR) is 275 cm³/mol. The zero-order chi connectivity index (χ0) is 50.4. The third kappa shape index (κ3) is 35.8. The Balaban J connectivity index is 2.76. The van der Waals surface area contributed by atoms with Crippen molar-refractivity contribution in [1.82, 2.24) is 0 Å². The molecule has 6 atom stereocenters. The van der Waals surface area contributed by atoms with Crippen molar-refractivity contribution in [3.63, 3.8) is 0 Å². The first-order valence-corrected chi connectivity index (χ1v) is 26.9. The van der Waals surface area contributed by atoms with Gasteiger partial charge in [0.1, 0.15) is 18.8 Å². The van der Waals surface area contributed by atoms with Gasteiger partial charge in [0.15, 0.2) is 24.6 Å². The molecule has 0 aliphatic carbocycles. The van der Waals surface area contributed by atoms with Crippen molar-refractivity contribution in [3.05, 3.63) is 72.9 Å². The predicted octanol–water partition coefficient (Wildman–Crippen LogP) is 13.0. The van der Waals surface area contributed by atoms with Crippen molar-refractivity contribution in [3.8, 4) is 0 Å². The first kappa shape index (κ1) is 63.2. The fourth-order valence-electron chi connectivity index (χ4n) is 7.57. The number of carboxylic acids is 1. The number of esters is 3. The lowest BCUT2D eigenvalue weighted by Gasteiger charge is -2.40. The topological polar surface area (TPSA) is 175 Å². The molecule has 0 spiro atoms. The van der Waals surface area contributed by atoms with E-state index in [1.807, 2.05) is 0 Å². The normalized spacial score (nSPS) is 19.2. The quantitative estimate of drug-likeness (QED) is 0.0228. The molecule has 12 heteroatoms. The van der Waals surface area contributed by atoms with E-state index in [9.17, 15) is 34.5 Å². The Bertz CT molecular complexity index is 1480. The van der Waals surface area contributed by atoms with Crippen LogP contribution in [0.1, 0.15) is 213 Å². The molecule has 1 saturated heterocycles. The summed E-state index contributed by atoms with van der Waals surface area (Å²) < 4.78 is 28.2. The molecule has 3 N–H and O–H groups in total. The van der Waals surface area contributed by atoms with Gasteiger partial charge in [-0.1, -0.05) is 164 Å². The Hall–Kier alpha value is -3.84. The molecule has 0 aromatic carbocycles. The molecule has 1 fully saturated rings. The van der Waals surface area contributed by atoms with Crippen LogP contribution in [-0.4, -0.2) is 89.2 Å². The van der Waals surface area contributed by atoms with Crippen LogP contribution in [0.2, 0.25) is 0 Å². The number of carboxylic acid groups (broad SMARTS) is 1. The van der Waals surface area contributed by atoms with E-state index in [4.69, 9.17) is 23.7 Å². The van der Waals surface area contributed by atoms with Gasteiger partial charge >= 0.3 is 23.9 Å². The smallest absolute Gasteiger partial charge is 0.335 e. The van der Waals surface area contributed by atoms with Gasteiger partial charge in [-0.05, 0) is 103 Å². The summed E-state index contributed by atoms with van der Waals surface area (Å²) in [4.78, 5) is 50.8. The van der Waals surface area contributed by atoms with Crippen LogP contribution in [0.3, 0.4) is 0 Å². The van der Waals surface area contributed by atoms with Crippen LogP contribution < -0.4 is 0 Å². The third-order valence-corrected chi connectivity index (χ3v) is 11.7. The highest BCUT2D eigenvalue weighted by Gasteiger charge is 2.50. The van der Waals surface area contributed by atoms with Crippen molar-refractivity contribution < 1.29 is 58.2 Å². The Morgan fingerprint density at radius 3 is 1.48 bits per heavy atom. The lowest BCUT2D eigenvalue weighted by Crippen LogP contribution is -2.61. The number of hydrogen-bond donors (Lipinski definition) is 3. The van der Waals surface area contributed by atoms with Crippen molar-refractivity contribution in [1.29, 1.82) is 0 Å². The number of aliphatic hydroxyl groups excluding tert-OH is 2. The van der Waals surface area contributed by atoms with Gasteiger partial charge in [-0.2, -0.15) is 0 Å². The number of ether oxygens (including phenoxy) is 5.